The lowest BCUT2D eigenvalue weighted by atomic mass is 10.6. The molecule has 0 spiro atoms. The van der Waals surface area contributed by atoms with Crippen LogP contribution in [-0.4, -0.2) is 12.0 Å². The molecule has 0 radical (unpaired) electrons. The predicted molar refractivity (Wildman–Crippen MR) is 22.9 cm³/mol. The molecule has 0 saturated carbocycles. The van der Waals surface area contributed by atoms with E-state index in [0.29, 0.717) is 0 Å². The number of halogens is 3. The molecule has 0 saturated heterocycles. The van der Waals surface area contributed by atoms with E-state index in [0.717, 1.165) is 0 Å². The molecule has 0 aromatic heterocycles. The second kappa shape index (κ2) is 2.36. The van der Waals surface area contributed by atoms with E-state index < -0.39 is 12.0 Å². The molecule has 0 aliphatic rings. The lowest BCUT2D eigenvalue weighted by Crippen LogP contribution is -2.18. The summed E-state index contributed by atoms with van der Waals surface area (Å²) in [5.74, 6) is -1.93. The first kappa shape index (κ1) is 7.77. The van der Waals surface area contributed by atoms with Crippen LogP contribution >= 0.6 is 0 Å². The van der Waals surface area contributed by atoms with Crippen LogP contribution in [0.1, 0.15) is 0 Å². The zero-order chi connectivity index (χ0) is 7.49. The Balaban J connectivity index is 4.22. The summed E-state index contributed by atoms with van der Waals surface area (Å²) >= 11 is 0. The molecule has 50 valence electrons. The Bertz CT molecular complexity index is 163. The van der Waals surface area contributed by atoms with Crippen LogP contribution in [0.4, 0.5) is 13.2 Å². The van der Waals surface area contributed by atoms with E-state index >= 15 is 0 Å². The average Bonchev–Trinajstić information content (AvgIpc) is 1.64. The van der Waals surface area contributed by atoms with Crippen LogP contribution in [0.15, 0.2) is 5.11 Å². The highest BCUT2D eigenvalue weighted by Gasteiger charge is 2.33. The second-order valence-corrected chi connectivity index (χ2v) is 1.04. The van der Waals surface area contributed by atoms with Crippen molar-refractivity contribution in [1.29, 1.82) is 5.41 Å². The summed E-state index contributed by atoms with van der Waals surface area (Å²) in [7, 11) is 0. The van der Waals surface area contributed by atoms with Crippen LogP contribution in [0, 0.1) is 5.41 Å². The van der Waals surface area contributed by atoms with E-state index in [2.05, 4.69) is 0 Å². The highest BCUT2D eigenvalue weighted by atomic mass is 19.4. The maximum Gasteiger partial charge on any atom is 0.435 e. The van der Waals surface area contributed by atoms with Crippen LogP contribution in [0.25, 0.3) is 10.4 Å². The van der Waals surface area contributed by atoms with Crippen LogP contribution in [0.5, 0.6) is 0 Å². The van der Waals surface area contributed by atoms with Gasteiger partial charge in [-0.3, -0.25) is 5.41 Å². The van der Waals surface area contributed by atoms with Crippen molar-refractivity contribution < 1.29 is 13.2 Å². The summed E-state index contributed by atoms with van der Waals surface area (Å²) in [4.78, 5) is 1.78. The normalized spacial score (nSPS) is 10.1. The topological polar surface area (TPSA) is 72.6 Å². The molecule has 0 aliphatic heterocycles. The minimum Gasteiger partial charge on any atom is -0.295 e. The number of alkyl halides is 3. The third kappa shape index (κ3) is 2.55. The smallest absolute Gasteiger partial charge is 0.295 e. The summed E-state index contributed by atoms with van der Waals surface area (Å²) < 4.78 is 33.4. The molecular weight excluding hydrogens is 137 g/mol. The number of hydrogen-bond donors (Lipinski definition) is 1. The molecule has 0 aromatic carbocycles. The van der Waals surface area contributed by atoms with Crippen molar-refractivity contribution in [1.82, 2.24) is 0 Å². The molecule has 0 rings (SSSR count). The van der Waals surface area contributed by atoms with Gasteiger partial charge >= 0.3 is 6.18 Å². The molecule has 0 fully saturated rings. The highest BCUT2D eigenvalue weighted by Crippen LogP contribution is 2.16. The fourth-order valence-electron chi connectivity index (χ4n) is 0.101. The maximum atomic E-state index is 11.1. The standard InChI is InChI=1S/C2HF3N4/c3-2(4,5)1(6)8-9-7/h6H. The van der Waals surface area contributed by atoms with Gasteiger partial charge in [-0.05, 0) is 10.6 Å². The Kier molecular flexibility index (Phi) is 2.04. The minimum atomic E-state index is -4.83. The van der Waals surface area contributed by atoms with Crippen LogP contribution in [-0.2, 0) is 0 Å². The van der Waals surface area contributed by atoms with Gasteiger partial charge in [-0.25, -0.2) is 0 Å². The number of amidine groups is 1. The first-order valence-corrected chi connectivity index (χ1v) is 1.69. The summed E-state index contributed by atoms with van der Waals surface area (Å²) in [6, 6.07) is 0. The number of nitrogens with one attached hydrogen (secondary N) is 1. The van der Waals surface area contributed by atoms with Gasteiger partial charge in [-0.2, -0.15) is 13.2 Å². The molecule has 0 heterocycles. The Morgan fingerprint density at radius 3 is 2.11 bits per heavy atom. The molecule has 1 N–H and O–H groups in total. The van der Waals surface area contributed by atoms with Gasteiger partial charge in [0.1, 0.15) is 0 Å². The lowest BCUT2D eigenvalue weighted by Gasteiger charge is -1.99. The second-order valence-electron chi connectivity index (χ2n) is 1.04. The van der Waals surface area contributed by atoms with Crippen LogP contribution in [0.3, 0.4) is 0 Å². The van der Waals surface area contributed by atoms with E-state index in [1.54, 1.807) is 4.91 Å². The van der Waals surface area contributed by atoms with E-state index in [1.165, 1.54) is 0 Å². The first-order valence-electron chi connectivity index (χ1n) is 1.69. The Hall–Kier alpha value is -1.23. The Labute approximate surface area is 47.4 Å². The highest BCUT2D eigenvalue weighted by molar-refractivity contribution is 5.85. The Morgan fingerprint density at radius 1 is 1.56 bits per heavy atom. The number of nitrogens with zero attached hydrogens (tertiary/aromatic N) is 3. The van der Waals surface area contributed by atoms with Crippen molar-refractivity contribution >= 4 is 5.84 Å². The van der Waals surface area contributed by atoms with Gasteiger partial charge in [0.05, 0.1) is 0 Å². The van der Waals surface area contributed by atoms with Crippen molar-refractivity contribution in [2.45, 2.75) is 6.18 Å². The molecule has 4 nitrogen and oxygen atoms in total. The van der Waals surface area contributed by atoms with Gasteiger partial charge in [0.25, 0.3) is 0 Å². The molecule has 9 heavy (non-hydrogen) atoms. The van der Waals surface area contributed by atoms with Crippen LogP contribution < -0.4 is 0 Å². The molecule has 0 aliphatic carbocycles. The number of hydrogen-bond acceptors (Lipinski definition) is 1. The summed E-state index contributed by atoms with van der Waals surface area (Å²) in [5, 5.41) is 8.03. The van der Waals surface area contributed by atoms with Gasteiger partial charge in [0, 0.05) is 4.91 Å². The molecule has 7 heteroatoms. The molecule has 0 unspecified atom stereocenters. The maximum absolute atomic E-state index is 11.1. The zero-order valence-corrected chi connectivity index (χ0v) is 3.98. The third-order valence-corrected chi connectivity index (χ3v) is 0.413. The van der Waals surface area contributed by atoms with Crippen molar-refractivity contribution in [2.75, 3.05) is 0 Å². The fourth-order valence-corrected chi connectivity index (χ4v) is 0.101. The molecular formula is C2HF3N4. The average molecular weight is 138 g/mol. The third-order valence-electron chi connectivity index (χ3n) is 0.413. The number of rotatable bonds is 0. The van der Waals surface area contributed by atoms with Crippen LogP contribution in [0.2, 0.25) is 0 Å². The summed E-state index contributed by atoms with van der Waals surface area (Å²) in [6.45, 7) is 0. The molecule has 0 atom stereocenters. The van der Waals surface area contributed by atoms with E-state index in [-0.39, 0.29) is 0 Å². The van der Waals surface area contributed by atoms with Crippen molar-refractivity contribution in [3.8, 4) is 0 Å². The largest absolute Gasteiger partial charge is 0.435 e. The van der Waals surface area contributed by atoms with E-state index in [4.69, 9.17) is 10.9 Å². The van der Waals surface area contributed by atoms with Gasteiger partial charge in [-0.15, -0.1) is 0 Å². The van der Waals surface area contributed by atoms with Gasteiger partial charge < -0.3 is 0 Å². The summed E-state index contributed by atoms with van der Waals surface area (Å²) in [5.41, 5.74) is 7.42. The molecule has 0 amide bonds. The van der Waals surface area contributed by atoms with Gasteiger partial charge in [0.2, 0.25) is 0 Å². The van der Waals surface area contributed by atoms with Gasteiger partial charge in [0.15, 0.2) is 5.84 Å². The summed E-state index contributed by atoms with van der Waals surface area (Å²) in [6.07, 6.45) is -4.83. The lowest BCUT2D eigenvalue weighted by molar-refractivity contribution is -0.0605. The quantitative estimate of drug-likeness (QED) is 0.174. The first-order chi connectivity index (χ1) is 3.98. The SMILES string of the molecule is [N-]=[N+]=NC(=N)C(F)(F)F. The van der Waals surface area contributed by atoms with Crippen molar-refractivity contribution in [2.24, 2.45) is 5.11 Å². The zero-order valence-electron chi connectivity index (χ0n) is 3.98. The number of azide groups is 1. The minimum absolute atomic E-state index is 1.78. The predicted octanol–water partition coefficient (Wildman–Crippen LogP) is 1.84. The van der Waals surface area contributed by atoms with E-state index in [1.807, 2.05) is 5.11 Å². The van der Waals surface area contributed by atoms with Crippen molar-refractivity contribution in [3.63, 3.8) is 0 Å². The van der Waals surface area contributed by atoms with Crippen molar-refractivity contribution in [3.05, 3.63) is 10.4 Å². The van der Waals surface area contributed by atoms with E-state index in [9.17, 15) is 13.2 Å². The Morgan fingerprint density at radius 2 is 2.00 bits per heavy atom. The van der Waals surface area contributed by atoms with Gasteiger partial charge in [-0.1, -0.05) is 0 Å². The fraction of sp³-hybridized carbons (Fsp3) is 0.500. The molecule has 0 aromatic rings. The monoisotopic (exact) mass is 138 g/mol. The molecule has 0 bridgehead atoms.